The van der Waals surface area contributed by atoms with Crippen molar-refractivity contribution in [2.75, 3.05) is 33.3 Å². The molecule has 1 aliphatic heterocycles. The second kappa shape index (κ2) is 6.78. The van der Waals surface area contributed by atoms with Gasteiger partial charge in [0.15, 0.2) is 0 Å². The Balaban J connectivity index is 2.18. The van der Waals surface area contributed by atoms with E-state index in [1.54, 1.807) is 12.1 Å². The molecule has 20 heavy (non-hydrogen) atoms. The molecule has 0 amide bonds. The van der Waals surface area contributed by atoms with Gasteiger partial charge in [0.25, 0.3) is 5.69 Å². The number of hydrogen-bond donors (Lipinski definition) is 1. The molecule has 0 aliphatic carbocycles. The summed E-state index contributed by atoms with van der Waals surface area (Å²) in [6.07, 6.45) is 0.0650. The molecule has 6 nitrogen and oxygen atoms in total. The molecule has 0 bridgehead atoms. The molecule has 6 heteroatoms. The van der Waals surface area contributed by atoms with Gasteiger partial charge in [0.2, 0.25) is 0 Å². The van der Waals surface area contributed by atoms with E-state index in [2.05, 4.69) is 24.2 Å². The van der Waals surface area contributed by atoms with Gasteiger partial charge in [-0.2, -0.15) is 0 Å². The maximum Gasteiger partial charge on any atom is 0.269 e. The van der Waals surface area contributed by atoms with Crippen LogP contribution in [0.2, 0.25) is 0 Å². The lowest BCUT2D eigenvalue weighted by Gasteiger charge is -2.39. The zero-order valence-corrected chi connectivity index (χ0v) is 11.9. The standard InChI is InChI=1S/C14H21N3O3/c1-3-15-10-13-14(16(2)8-9-20-13)11-4-6-12(7-5-11)17(18)19/h4-7,13-15H,3,8-10H2,1-2H3. The average Bonchev–Trinajstić information content (AvgIpc) is 2.45. The van der Waals surface area contributed by atoms with E-state index < -0.39 is 0 Å². The molecule has 0 radical (unpaired) electrons. The number of ether oxygens (including phenoxy) is 1. The summed E-state index contributed by atoms with van der Waals surface area (Å²) in [6.45, 7) is 5.33. The molecule has 1 saturated heterocycles. The molecule has 1 N–H and O–H groups in total. The summed E-state index contributed by atoms with van der Waals surface area (Å²) in [7, 11) is 2.06. The molecule has 0 saturated carbocycles. The van der Waals surface area contributed by atoms with Crippen molar-refractivity contribution >= 4 is 5.69 Å². The monoisotopic (exact) mass is 279 g/mol. The number of nitro groups is 1. The quantitative estimate of drug-likeness (QED) is 0.654. The molecule has 1 aliphatic rings. The van der Waals surface area contributed by atoms with Crippen LogP contribution in [-0.4, -0.2) is 49.2 Å². The molecule has 1 aromatic rings. The maximum absolute atomic E-state index is 10.7. The van der Waals surface area contributed by atoms with Crippen molar-refractivity contribution in [3.63, 3.8) is 0 Å². The second-order valence-electron chi connectivity index (χ2n) is 4.99. The smallest absolute Gasteiger partial charge is 0.269 e. The number of rotatable bonds is 5. The minimum Gasteiger partial charge on any atom is -0.374 e. The average molecular weight is 279 g/mol. The molecular formula is C14H21N3O3. The Morgan fingerprint density at radius 2 is 2.15 bits per heavy atom. The third kappa shape index (κ3) is 3.33. The first-order valence-electron chi connectivity index (χ1n) is 6.90. The number of nitro benzene ring substituents is 1. The zero-order valence-electron chi connectivity index (χ0n) is 11.9. The van der Waals surface area contributed by atoms with E-state index in [4.69, 9.17) is 4.74 Å². The molecule has 1 aromatic carbocycles. The zero-order chi connectivity index (χ0) is 14.5. The van der Waals surface area contributed by atoms with Crippen LogP contribution >= 0.6 is 0 Å². The van der Waals surface area contributed by atoms with Gasteiger partial charge in [-0.1, -0.05) is 19.1 Å². The first-order chi connectivity index (χ1) is 9.63. The lowest BCUT2D eigenvalue weighted by atomic mass is 9.98. The lowest BCUT2D eigenvalue weighted by Crippen LogP contribution is -2.47. The van der Waals surface area contributed by atoms with Gasteiger partial charge in [-0.3, -0.25) is 15.0 Å². The molecule has 2 unspecified atom stereocenters. The number of hydrogen-bond acceptors (Lipinski definition) is 5. The van der Waals surface area contributed by atoms with Gasteiger partial charge in [0.1, 0.15) is 0 Å². The van der Waals surface area contributed by atoms with Crippen LogP contribution in [0.3, 0.4) is 0 Å². The van der Waals surface area contributed by atoms with Gasteiger partial charge < -0.3 is 10.1 Å². The second-order valence-corrected chi connectivity index (χ2v) is 4.99. The Kier molecular flexibility index (Phi) is 5.05. The van der Waals surface area contributed by atoms with E-state index in [0.29, 0.717) is 0 Å². The van der Waals surface area contributed by atoms with Crippen LogP contribution in [0.4, 0.5) is 5.69 Å². The normalized spacial score (nSPS) is 23.7. The van der Waals surface area contributed by atoms with Crippen LogP contribution in [0.1, 0.15) is 18.5 Å². The van der Waals surface area contributed by atoms with E-state index in [1.807, 2.05) is 12.1 Å². The highest BCUT2D eigenvalue weighted by molar-refractivity contribution is 5.34. The van der Waals surface area contributed by atoms with Crippen LogP contribution in [-0.2, 0) is 4.74 Å². The third-order valence-corrected chi connectivity index (χ3v) is 3.64. The number of morpholine rings is 1. The molecule has 0 aromatic heterocycles. The lowest BCUT2D eigenvalue weighted by molar-refractivity contribution is -0.384. The minimum absolute atomic E-state index is 0.0650. The van der Waals surface area contributed by atoms with Crippen LogP contribution in [0.15, 0.2) is 24.3 Å². The van der Waals surface area contributed by atoms with Crippen molar-refractivity contribution in [2.45, 2.75) is 19.1 Å². The number of non-ortho nitro benzene ring substituents is 1. The SMILES string of the molecule is CCNCC1OCCN(C)C1c1ccc([N+](=O)[O-])cc1. The molecular weight excluding hydrogens is 258 g/mol. The summed E-state index contributed by atoms with van der Waals surface area (Å²) in [5.74, 6) is 0. The topological polar surface area (TPSA) is 67.6 Å². The van der Waals surface area contributed by atoms with Gasteiger partial charge >= 0.3 is 0 Å². The number of benzene rings is 1. The highest BCUT2D eigenvalue weighted by Gasteiger charge is 2.31. The van der Waals surface area contributed by atoms with Crippen molar-refractivity contribution in [3.8, 4) is 0 Å². The van der Waals surface area contributed by atoms with Gasteiger partial charge in [-0.15, -0.1) is 0 Å². The number of nitrogens with one attached hydrogen (secondary N) is 1. The highest BCUT2D eigenvalue weighted by Crippen LogP contribution is 2.29. The molecule has 1 fully saturated rings. The van der Waals surface area contributed by atoms with E-state index in [-0.39, 0.29) is 22.8 Å². The predicted molar refractivity (Wildman–Crippen MR) is 76.8 cm³/mol. The molecule has 2 rings (SSSR count). The van der Waals surface area contributed by atoms with Crippen molar-refractivity contribution in [2.24, 2.45) is 0 Å². The van der Waals surface area contributed by atoms with Crippen molar-refractivity contribution in [1.82, 2.24) is 10.2 Å². The summed E-state index contributed by atoms with van der Waals surface area (Å²) in [4.78, 5) is 12.6. The molecule has 1 heterocycles. The minimum atomic E-state index is -0.374. The first-order valence-corrected chi connectivity index (χ1v) is 6.90. The fourth-order valence-electron chi connectivity index (χ4n) is 2.58. The van der Waals surface area contributed by atoms with Crippen molar-refractivity contribution < 1.29 is 9.66 Å². The molecule has 110 valence electrons. The van der Waals surface area contributed by atoms with Crippen molar-refractivity contribution in [1.29, 1.82) is 0 Å². The molecule has 0 spiro atoms. The Bertz CT molecular complexity index is 449. The summed E-state index contributed by atoms with van der Waals surface area (Å²) in [5, 5.41) is 14.0. The Morgan fingerprint density at radius 1 is 1.45 bits per heavy atom. The van der Waals surface area contributed by atoms with Crippen LogP contribution in [0.5, 0.6) is 0 Å². The van der Waals surface area contributed by atoms with Crippen LogP contribution < -0.4 is 5.32 Å². The molecule has 2 atom stereocenters. The highest BCUT2D eigenvalue weighted by atomic mass is 16.6. The van der Waals surface area contributed by atoms with Gasteiger partial charge in [0.05, 0.1) is 23.7 Å². The third-order valence-electron chi connectivity index (χ3n) is 3.64. The predicted octanol–water partition coefficient (Wildman–Crippen LogP) is 1.58. The van der Waals surface area contributed by atoms with Gasteiger partial charge in [0, 0.05) is 25.2 Å². The first kappa shape index (κ1) is 14.9. The fraction of sp³-hybridized carbons (Fsp3) is 0.571. The Hall–Kier alpha value is -1.50. The summed E-state index contributed by atoms with van der Waals surface area (Å²) in [5.41, 5.74) is 1.18. The van der Waals surface area contributed by atoms with Gasteiger partial charge in [-0.05, 0) is 19.2 Å². The van der Waals surface area contributed by atoms with Crippen molar-refractivity contribution in [3.05, 3.63) is 39.9 Å². The summed E-state index contributed by atoms with van der Waals surface area (Å²) in [6, 6.07) is 6.90. The van der Waals surface area contributed by atoms with Gasteiger partial charge in [-0.25, -0.2) is 0 Å². The summed E-state index contributed by atoms with van der Waals surface area (Å²) < 4.78 is 5.86. The van der Waals surface area contributed by atoms with Crippen LogP contribution in [0, 0.1) is 10.1 Å². The van der Waals surface area contributed by atoms with Crippen LogP contribution in [0.25, 0.3) is 0 Å². The largest absolute Gasteiger partial charge is 0.374 e. The van der Waals surface area contributed by atoms with E-state index in [9.17, 15) is 10.1 Å². The number of likely N-dealkylation sites (N-methyl/N-ethyl adjacent to an activating group) is 2. The maximum atomic E-state index is 10.7. The Labute approximate surface area is 118 Å². The Morgan fingerprint density at radius 3 is 2.75 bits per heavy atom. The van der Waals surface area contributed by atoms with E-state index in [0.717, 1.165) is 31.8 Å². The number of nitrogens with zero attached hydrogens (tertiary/aromatic N) is 2. The fourth-order valence-corrected chi connectivity index (χ4v) is 2.58. The van der Waals surface area contributed by atoms with E-state index >= 15 is 0 Å². The summed E-state index contributed by atoms with van der Waals surface area (Å²) >= 11 is 0. The van der Waals surface area contributed by atoms with E-state index in [1.165, 1.54) is 0 Å².